The van der Waals surface area contributed by atoms with Gasteiger partial charge in [-0.1, -0.05) is 38.1 Å². The summed E-state index contributed by atoms with van der Waals surface area (Å²) in [5, 5.41) is 0. The minimum absolute atomic E-state index is 0.370. The van der Waals surface area contributed by atoms with E-state index in [1.165, 1.54) is 11.1 Å². The number of hydrogen-bond acceptors (Lipinski definition) is 4. The Hall–Kier alpha value is -1.94. The smallest absolute Gasteiger partial charge is 0.143 e. The highest BCUT2D eigenvalue weighted by Crippen LogP contribution is 2.32. The normalized spacial score (nSPS) is 17.6. The molecule has 1 aliphatic rings. The molecule has 21 heavy (non-hydrogen) atoms. The van der Waals surface area contributed by atoms with Gasteiger partial charge in [-0.2, -0.15) is 0 Å². The van der Waals surface area contributed by atoms with E-state index in [-0.39, 0.29) is 0 Å². The Morgan fingerprint density at radius 1 is 1.19 bits per heavy atom. The predicted molar refractivity (Wildman–Crippen MR) is 85.1 cm³/mol. The number of benzene rings is 1. The molecular weight excluding hydrogens is 260 g/mol. The van der Waals surface area contributed by atoms with Gasteiger partial charge in [0.2, 0.25) is 0 Å². The number of fused-ring (bicyclic) bond motifs is 1. The minimum Gasteiger partial charge on any atom is -0.308 e. The number of nitrogens with two attached hydrogens (primary N) is 1. The van der Waals surface area contributed by atoms with E-state index in [0.29, 0.717) is 17.7 Å². The quantitative estimate of drug-likeness (QED) is 0.670. The third-order valence-corrected chi connectivity index (χ3v) is 4.21. The summed E-state index contributed by atoms with van der Waals surface area (Å²) in [7, 11) is 0. The van der Waals surface area contributed by atoms with E-state index in [1.54, 1.807) is 0 Å². The van der Waals surface area contributed by atoms with Crippen LogP contribution in [0.5, 0.6) is 0 Å². The topological polar surface area (TPSA) is 63.8 Å². The SMILES string of the molecule is CC(C)c1cc(NN)nc(C2CCc3ccccc3C2)n1. The van der Waals surface area contributed by atoms with E-state index < -0.39 is 0 Å². The number of hydrogen-bond donors (Lipinski definition) is 2. The molecule has 0 aliphatic heterocycles. The van der Waals surface area contributed by atoms with Gasteiger partial charge in [0.05, 0.1) is 0 Å². The molecule has 4 heteroatoms. The minimum atomic E-state index is 0.370. The Morgan fingerprint density at radius 2 is 1.95 bits per heavy atom. The largest absolute Gasteiger partial charge is 0.308 e. The average Bonchev–Trinajstić information content (AvgIpc) is 2.53. The molecule has 1 atom stereocenters. The van der Waals surface area contributed by atoms with E-state index in [2.05, 4.69) is 48.5 Å². The summed E-state index contributed by atoms with van der Waals surface area (Å²) in [6.45, 7) is 4.28. The molecule has 1 aromatic carbocycles. The Bertz CT molecular complexity index is 636. The number of anilines is 1. The van der Waals surface area contributed by atoms with Crippen molar-refractivity contribution < 1.29 is 0 Å². The molecule has 4 nitrogen and oxygen atoms in total. The molecular formula is C17H22N4. The van der Waals surface area contributed by atoms with Crippen LogP contribution in [0.1, 0.15) is 54.7 Å². The number of rotatable bonds is 3. The molecule has 1 heterocycles. The molecule has 110 valence electrons. The number of aryl methyl sites for hydroxylation is 1. The monoisotopic (exact) mass is 282 g/mol. The maximum absolute atomic E-state index is 5.55. The van der Waals surface area contributed by atoms with Crippen molar-refractivity contribution in [1.29, 1.82) is 0 Å². The van der Waals surface area contributed by atoms with Gasteiger partial charge in [-0.15, -0.1) is 0 Å². The zero-order valence-electron chi connectivity index (χ0n) is 12.6. The molecule has 0 radical (unpaired) electrons. The first kappa shape index (κ1) is 14.0. The molecule has 2 aromatic rings. The molecule has 3 N–H and O–H groups in total. The van der Waals surface area contributed by atoms with Gasteiger partial charge in [-0.05, 0) is 36.3 Å². The van der Waals surface area contributed by atoms with Crippen molar-refractivity contribution in [3.63, 3.8) is 0 Å². The molecule has 0 fully saturated rings. The lowest BCUT2D eigenvalue weighted by molar-refractivity contribution is 0.550. The fraction of sp³-hybridized carbons (Fsp3) is 0.412. The number of aromatic nitrogens is 2. The number of nitrogen functional groups attached to an aromatic ring is 1. The van der Waals surface area contributed by atoms with E-state index in [9.17, 15) is 0 Å². The standard InChI is InChI=1S/C17H22N4/c1-11(2)15-10-16(21-18)20-17(19-15)14-8-7-12-5-3-4-6-13(12)9-14/h3-6,10-11,14H,7-9,18H2,1-2H3,(H,19,20,21). The predicted octanol–water partition coefficient (Wildman–Crippen LogP) is 3.16. The molecule has 0 bridgehead atoms. The van der Waals surface area contributed by atoms with Gasteiger partial charge >= 0.3 is 0 Å². The van der Waals surface area contributed by atoms with Gasteiger partial charge in [-0.3, -0.25) is 0 Å². The van der Waals surface area contributed by atoms with Crippen LogP contribution < -0.4 is 11.3 Å². The van der Waals surface area contributed by atoms with Crippen molar-refractivity contribution in [3.8, 4) is 0 Å². The van der Waals surface area contributed by atoms with Gasteiger partial charge < -0.3 is 5.43 Å². The van der Waals surface area contributed by atoms with Crippen molar-refractivity contribution in [2.24, 2.45) is 5.84 Å². The van der Waals surface area contributed by atoms with Crippen LogP contribution in [0.4, 0.5) is 5.82 Å². The maximum atomic E-state index is 5.55. The molecule has 0 saturated carbocycles. The highest BCUT2D eigenvalue weighted by Gasteiger charge is 2.23. The number of nitrogens with one attached hydrogen (secondary N) is 1. The first-order valence-corrected chi connectivity index (χ1v) is 7.59. The van der Waals surface area contributed by atoms with Crippen molar-refractivity contribution >= 4 is 5.82 Å². The second-order valence-corrected chi connectivity index (χ2v) is 6.04. The molecule has 3 rings (SSSR count). The zero-order chi connectivity index (χ0) is 14.8. The average molecular weight is 282 g/mol. The van der Waals surface area contributed by atoms with Crippen LogP contribution in [-0.4, -0.2) is 9.97 Å². The Labute approximate surface area is 125 Å². The fourth-order valence-corrected chi connectivity index (χ4v) is 2.96. The molecule has 1 aliphatic carbocycles. The lowest BCUT2D eigenvalue weighted by Crippen LogP contribution is -2.18. The van der Waals surface area contributed by atoms with Crippen LogP contribution in [0, 0.1) is 0 Å². The van der Waals surface area contributed by atoms with Crippen LogP contribution in [0.3, 0.4) is 0 Å². The van der Waals surface area contributed by atoms with Crippen molar-refractivity contribution in [1.82, 2.24) is 9.97 Å². The van der Waals surface area contributed by atoms with Gasteiger partial charge in [-0.25, -0.2) is 15.8 Å². The third-order valence-electron chi connectivity index (χ3n) is 4.21. The highest BCUT2D eigenvalue weighted by molar-refractivity contribution is 5.37. The Morgan fingerprint density at radius 3 is 2.67 bits per heavy atom. The molecule has 1 unspecified atom stereocenters. The van der Waals surface area contributed by atoms with E-state index >= 15 is 0 Å². The summed E-state index contributed by atoms with van der Waals surface area (Å²) >= 11 is 0. The van der Waals surface area contributed by atoms with Gasteiger partial charge in [0.25, 0.3) is 0 Å². The summed E-state index contributed by atoms with van der Waals surface area (Å²) in [4.78, 5) is 9.35. The first-order chi connectivity index (χ1) is 10.2. The first-order valence-electron chi connectivity index (χ1n) is 7.59. The van der Waals surface area contributed by atoms with Gasteiger partial charge in [0, 0.05) is 17.7 Å². The summed E-state index contributed by atoms with van der Waals surface area (Å²) < 4.78 is 0. The summed E-state index contributed by atoms with van der Waals surface area (Å²) in [5.41, 5.74) is 6.61. The fourth-order valence-electron chi connectivity index (χ4n) is 2.96. The summed E-state index contributed by atoms with van der Waals surface area (Å²) in [5.74, 6) is 7.93. The van der Waals surface area contributed by atoms with Crippen LogP contribution >= 0.6 is 0 Å². The summed E-state index contributed by atoms with van der Waals surface area (Å²) in [6, 6.07) is 10.6. The second-order valence-electron chi connectivity index (χ2n) is 6.04. The molecule has 0 spiro atoms. The number of nitrogens with zero attached hydrogens (tertiary/aromatic N) is 2. The van der Waals surface area contributed by atoms with Crippen LogP contribution in [0.15, 0.2) is 30.3 Å². The third kappa shape index (κ3) is 2.90. The zero-order valence-corrected chi connectivity index (χ0v) is 12.6. The lowest BCUT2D eigenvalue weighted by atomic mass is 9.83. The highest BCUT2D eigenvalue weighted by atomic mass is 15.3. The Kier molecular flexibility index (Phi) is 3.88. The molecule has 1 aromatic heterocycles. The van der Waals surface area contributed by atoms with Gasteiger partial charge in [0.1, 0.15) is 11.6 Å². The van der Waals surface area contributed by atoms with Crippen molar-refractivity contribution in [2.45, 2.75) is 44.9 Å². The van der Waals surface area contributed by atoms with Gasteiger partial charge in [0.15, 0.2) is 0 Å². The van der Waals surface area contributed by atoms with Crippen LogP contribution in [0.25, 0.3) is 0 Å². The van der Waals surface area contributed by atoms with E-state index in [0.717, 1.165) is 30.8 Å². The Balaban J connectivity index is 1.92. The van der Waals surface area contributed by atoms with Crippen LogP contribution in [-0.2, 0) is 12.8 Å². The van der Waals surface area contributed by atoms with E-state index in [4.69, 9.17) is 10.8 Å². The molecule has 0 saturated heterocycles. The van der Waals surface area contributed by atoms with Crippen molar-refractivity contribution in [2.75, 3.05) is 5.43 Å². The lowest BCUT2D eigenvalue weighted by Gasteiger charge is -2.24. The van der Waals surface area contributed by atoms with E-state index in [1.807, 2.05) is 6.07 Å². The molecule has 0 amide bonds. The van der Waals surface area contributed by atoms with Crippen molar-refractivity contribution in [3.05, 3.63) is 53.0 Å². The maximum Gasteiger partial charge on any atom is 0.143 e. The van der Waals surface area contributed by atoms with Crippen LogP contribution in [0.2, 0.25) is 0 Å². The second kappa shape index (κ2) is 5.82. The number of hydrazine groups is 1. The summed E-state index contributed by atoms with van der Waals surface area (Å²) in [6.07, 6.45) is 3.21.